The van der Waals surface area contributed by atoms with Gasteiger partial charge in [0.25, 0.3) is 11.8 Å². The van der Waals surface area contributed by atoms with Gasteiger partial charge in [0.05, 0.1) is 0 Å². The highest BCUT2D eigenvalue weighted by molar-refractivity contribution is 6.04. The molecule has 1 heterocycles. The molecule has 0 saturated heterocycles. The van der Waals surface area contributed by atoms with E-state index in [1.165, 1.54) is 0 Å². The monoisotopic (exact) mass is 388 g/mol. The number of carbonyl (C=O) groups is 2. The Hall–Kier alpha value is -3.80. The molecule has 6 nitrogen and oxygen atoms in total. The number of benzene rings is 3. The molecule has 0 saturated carbocycles. The number of carbonyl (C=O) groups excluding carboxylic acids is 2. The molecule has 1 aliphatic heterocycles. The Morgan fingerprint density at radius 3 is 2.17 bits per heavy atom. The summed E-state index contributed by atoms with van der Waals surface area (Å²) in [5, 5.41) is 5.63. The first-order chi connectivity index (χ1) is 14.1. The fourth-order valence-electron chi connectivity index (χ4n) is 2.92. The maximum Gasteiger partial charge on any atom is 0.269 e. The van der Waals surface area contributed by atoms with Gasteiger partial charge in [0, 0.05) is 16.9 Å². The standard InChI is InChI=1S/C23H20N2O4/c1-15-6-10-17(11-7-15)24-22(26)16-8-12-18(13-9-16)25-23(27)21-14-28-19-4-2-3-5-20(19)29-21/h2-13,21H,14H2,1H3,(H,24,26)(H,25,27). The van der Waals surface area contributed by atoms with Crippen LogP contribution in [0.4, 0.5) is 11.4 Å². The molecule has 1 aliphatic rings. The molecule has 3 aromatic rings. The minimum atomic E-state index is -0.741. The molecule has 146 valence electrons. The third-order valence-electron chi connectivity index (χ3n) is 4.53. The van der Waals surface area contributed by atoms with Crippen molar-refractivity contribution in [2.45, 2.75) is 13.0 Å². The number of para-hydroxylation sites is 2. The predicted molar refractivity (Wildman–Crippen MR) is 111 cm³/mol. The third kappa shape index (κ3) is 4.38. The quantitative estimate of drug-likeness (QED) is 0.708. The second-order valence-corrected chi connectivity index (χ2v) is 6.75. The second-order valence-electron chi connectivity index (χ2n) is 6.75. The first-order valence-electron chi connectivity index (χ1n) is 9.26. The lowest BCUT2D eigenvalue weighted by Crippen LogP contribution is -2.40. The number of nitrogens with one attached hydrogen (secondary N) is 2. The number of hydrogen-bond donors (Lipinski definition) is 2. The van der Waals surface area contributed by atoms with Crippen molar-refractivity contribution in [3.63, 3.8) is 0 Å². The van der Waals surface area contributed by atoms with Crippen LogP contribution in [0.2, 0.25) is 0 Å². The summed E-state index contributed by atoms with van der Waals surface area (Å²) in [6.45, 7) is 2.13. The van der Waals surface area contributed by atoms with Crippen LogP contribution in [0, 0.1) is 6.92 Å². The van der Waals surface area contributed by atoms with E-state index in [4.69, 9.17) is 9.47 Å². The number of rotatable bonds is 4. The van der Waals surface area contributed by atoms with Gasteiger partial charge in [-0.25, -0.2) is 0 Å². The molecule has 6 heteroatoms. The lowest BCUT2D eigenvalue weighted by atomic mass is 10.1. The summed E-state index contributed by atoms with van der Waals surface area (Å²) in [7, 11) is 0. The fraction of sp³-hybridized carbons (Fsp3) is 0.130. The van der Waals surface area contributed by atoms with Gasteiger partial charge >= 0.3 is 0 Å². The van der Waals surface area contributed by atoms with Crippen LogP contribution in [0.25, 0.3) is 0 Å². The lowest BCUT2D eigenvalue weighted by Gasteiger charge is -2.25. The van der Waals surface area contributed by atoms with Crippen molar-refractivity contribution in [2.75, 3.05) is 17.2 Å². The van der Waals surface area contributed by atoms with Crippen LogP contribution in [0.1, 0.15) is 15.9 Å². The zero-order valence-electron chi connectivity index (χ0n) is 15.8. The van der Waals surface area contributed by atoms with E-state index in [0.29, 0.717) is 22.7 Å². The summed E-state index contributed by atoms with van der Waals surface area (Å²) < 4.78 is 11.3. The summed E-state index contributed by atoms with van der Waals surface area (Å²) in [6.07, 6.45) is -0.741. The van der Waals surface area contributed by atoms with Crippen molar-refractivity contribution in [3.05, 3.63) is 83.9 Å². The van der Waals surface area contributed by atoms with Gasteiger partial charge in [-0.1, -0.05) is 29.8 Å². The van der Waals surface area contributed by atoms with Crippen molar-refractivity contribution in [2.24, 2.45) is 0 Å². The molecule has 2 N–H and O–H groups in total. The molecule has 0 radical (unpaired) electrons. The Morgan fingerprint density at radius 1 is 0.828 bits per heavy atom. The van der Waals surface area contributed by atoms with Crippen molar-refractivity contribution < 1.29 is 19.1 Å². The molecular weight excluding hydrogens is 368 g/mol. The van der Waals surface area contributed by atoms with Crippen LogP contribution >= 0.6 is 0 Å². The maximum absolute atomic E-state index is 12.5. The molecule has 0 fully saturated rings. The molecule has 0 aromatic heterocycles. The Balaban J connectivity index is 1.36. The van der Waals surface area contributed by atoms with Gasteiger partial charge in [0.1, 0.15) is 6.61 Å². The highest BCUT2D eigenvalue weighted by Crippen LogP contribution is 2.31. The summed E-state index contributed by atoms with van der Waals surface area (Å²) in [5.74, 6) is 0.645. The first kappa shape index (κ1) is 18.6. The van der Waals surface area contributed by atoms with Gasteiger partial charge in [-0.15, -0.1) is 0 Å². The Kier molecular flexibility index (Phi) is 5.16. The van der Waals surface area contributed by atoms with Crippen LogP contribution in [-0.4, -0.2) is 24.5 Å². The van der Waals surface area contributed by atoms with E-state index in [9.17, 15) is 9.59 Å². The molecule has 0 aliphatic carbocycles. The van der Waals surface area contributed by atoms with Gasteiger partial charge in [-0.05, 0) is 55.5 Å². The van der Waals surface area contributed by atoms with Crippen LogP contribution < -0.4 is 20.1 Å². The van der Waals surface area contributed by atoms with E-state index in [0.717, 1.165) is 11.3 Å². The average molecular weight is 388 g/mol. The van der Waals surface area contributed by atoms with Gasteiger partial charge in [0.15, 0.2) is 11.5 Å². The molecule has 2 amide bonds. The zero-order chi connectivity index (χ0) is 20.2. The van der Waals surface area contributed by atoms with E-state index < -0.39 is 6.10 Å². The van der Waals surface area contributed by atoms with Gasteiger partial charge < -0.3 is 20.1 Å². The normalized spacial score (nSPS) is 14.7. The second kappa shape index (κ2) is 8.06. The topological polar surface area (TPSA) is 76.7 Å². The van der Waals surface area contributed by atoms with Crippen LogP contribution in [0.5, 0.6) is 11.5 Å². The summed E-state index contributed by atoms with van der Waals surface area (Å²) in [6, 6.07) is 21.5. The fourth-order valence-corrected chi connectivity index (χ4v) is 2.92. The average Bonchev–Trinajstić information content (AvgIpc) is 2.75. The van der Waals surface area contributed by atoms with E-state index in [-0.39, 0.29) is 18.4 Å². The predicted octanol–water partition coefficient (Wildman–Crippen LogP) is 4.03. The number of anilines is 2. The maximum atomic E-state index is 12.5. The molecule has 29 heavy (non-hydrogen) atoms. The number of ether oxygens (including phenoxy) is 2. The highest BCUT2D eigenvalue weighted by atomic mass is 16.6. The molecular formula is C23H20N2O4. The van der Waals surface area contributed by atoms with Crippen molar-refractivity contribution in [1.82, 2.24) is 0 Å². The highest BCUT2D eigenvalue weighted by Gasteiger charge is 2.27. The third-order valence-corrected chi connectivity index (χ3v) is 4.53. The van der Waals surface area contributed by atoms with Crippen LogP contribution in [-0.2, 0) is 4.79 Å². The molecule has 1 atom stereocenters. The van der Waals surface area contributed by atoms with Crippen molar-refractivity contribution in [3.8, 4) is 11.5 Å². The Labute approximate surface area is 168 Å². The molecule has 0 spiro atoms. The van der Waals surface area contributed by atoms with E-state index in [2.05, 4.69) is 10.6 Å². The summed E-state index contributed by atoms with van der Waals surface area (Å²) in [4.78, 5) is 24.8. The van der Waals surface area contributed by atoms with Crippen molar-refractivity contribution in [1.29, 1.82) is 0 Å². The molecule has 3 aromatic carbocycles. The smallest absolute Gasteiger partial charge is 0.269 e. The number of hydrogen-bond acceptors (Lipinski definition) is 4. The van der Waals surface area contributed by atoms with Gasteiger partial charge in [-0.3, -0.25) is 9.59 Å². The van der Waals surface area contributed by atoms with E-state index in [1.807, 2.05) is 43.3 Å². The van der Waals surface area contributed by atoms with Crippen LogP contribution in [0.15, 0.2) is 72.8 Å². The Morgan fingerprint density at radius 2 is 1.45 bits per heavy atom. The van der Waals surface area contributed by atoms with Crippen LogP contribution in [0.3, 0.4) is 0 Å². The first-order valence-corrected chi connectivity index (χ1v) is 9.26. The zero-order valence-corrected chi connectivity index (χ0v) is 15.8. The molecule has 4 rings (SSSR count). The Bertz CT molecular complexity index is 1030. The molecule has 1 unspecified atom stereocenters. The van der Waals surface area contributed by atoms with Gasteiger partial charge in [-0.2, -0.15) is 0 Å². The number of fused-ring (bicyclic) bond motifs is 1. The van der Waals surface area contributed by atoms with Gasteiger partial charge in [0.2, 0.25) is 6.10 Å². The van der Waals surface area contributed by atoms with Crippen molar-refractivity contribution >= 4 is 23.2 Å². The lowest BCUT2D eigenvalue weighted by molar-refractivity contribution is -0.125. The number of aryl methyl sites for hydroxylation is 1. The summed E-state index contributed by atoms with van der Waals surface area (Å²) >= 11 is 0. The minimum absolute atomic E-state index is 0.139. The van der Waals surface area contributed by atoms with E-state index in [1.54, 1.807) is 36.4 Å². The molecule has 0 bridgehead atoms. The summed E-state index contributed by atoms with van der Waals surface area (Å²) in [5.41, 5.74) is 2.92. The number of amides is 2. The largest absolute Gasteiger partial charge is 0.485 e. The minimum Gasteiger partial charge on any atom is -0.485 e. The SMILES string of the molecule is Cc1ccc(NC(=O)c2ccc(NC(=O)C3COc4ccccc4O3)cc2)cc1. The van der Waals surface area contributed by atoms with E-state index >= 15 is 0 Å².